The average Bonchev–Trinajstić information content (AvgIpc) is 2.64. The number of rotatable bonds is 8. The minimum absolute atomic E-state index is 0.152. The molecule has 0 unspecified atom stereocenters. The Morgan fingerprint density at radius 3 is 2.04 bits per heavy atom. The van der Waals surface area contributed by atoms with Gasteiger partial charge in [0.1, 0.15) is 11.5 Å². The Morgan fingerprint density at radius 1 is 0.885 bits per heavy atom. The molecule has 2 aromatic carbocycles. The second-order valence-electron chi connectivity index (χ2n) is 5.50. The van der Waals surface area contributed by atoms with Crippen molar-refractivity contribution in [1.29, 1.82) is 0 Å². The van der Waals surface area contributed by atoms with E-state index in [1.165, 1.54) is 11.8 Å². The van der Waals surface area contributed by atoms with Gasteiger partial charge in [0.2, 0.25) is 11.8 Å². The molecule has 26 heavy (non-hydrogen) atoms. The third-order valence-corrected chi connectivity index (χ3v) is 4.48. The van der Waals surface area contributed by atoms with Crippen molar-refractivity contribution < 1.29 is 19.1 Å². The fourth-order valence-electron chi connectivity index (χ4n) is 2.20. The number of methoxy groups -OCH3 is 2. The van der Waals surface area contributed by atoms with E-state index in [1.54, 1.807) is 50.6 Å². The van der Waals surface area contributed by atoms with Crippen LogP contribution in [0.1, 0.15) is 5.56 Å². The van der Waals surface area contributed by atoms with Crippen LogP contribution in [-0.2, 0) is 9.59 Å². The van der Waals surface area contributed by atoms with Crippen LogP contribution >= 0.6 is 11.8 Å². The van der Waals surface area contributed by atoms with E-state index in [0.717, 1.165) is 22.7 Å². The zero-order chi connectivity index (χ0) is 18.9. The van der Waals surface area contributed by atoms with E-state index >= 15 is 0 Å². The van der Waals surface area contributed by atoms with E-state index in [1.807, 2.05) is 13.0 Å². The summed E-state index contributed by atoms with van der Waals surface area (Å²) in [7, 11) is 3.18. The summed E-state index contributed by atoms with van der Waals surface area (Å²) in [5, 5.41) is 5.61. The number of ether oxygens (including phenoxy) is 2. The Labute approximate surface area is 157 Å². The highest BCUT2D eigenvalue weighted by molar-refractivity contribution is 8.00. The summed E-state index contributed by atoms with van der Waals surface area (Å²) in [6.45, 7) is 1.90. The zero-order valence-electron chi connectivity index (χ0n) is 15.0. The Morgan fingerprint density at radius 2 is 1.46 bits per heavy atom. The number of hydrogen-bond acceptors (Lipinski definition) is 5. The van der Waals surface area contributed by atoms with Crippen molar-refractivity contribution in [1.82, 2.24) is 0 Å². The Hall–Kier alpha value is -2.67. The van der Waals surface area contributed by atoms with Gasteiger partial charge in [-0.15, -0.1) is 11.8 Å². The minimum atomic E-state index is -0.159. The molecule has 2 aromatic rings. The maximum Gasteiger partial charge on any atom is 0.234 e. The predicted octanol–water partition coefficient (Wildman–Crippen LogP) is 3.32. The van der Waals surface area contributed by atoms with Gasteiger partial charge in [0.05, 0.1) is 25.7 Å². The molecule has 138 valence electrons. The molecule has 0 radical (unpaired) electrons. The molecule has 0 atom stereocenters. The molecular weight excluding hydrogens is 352 g/mol. The van der Waals surface area contributed by atoms with E-state index in [2.05, 4.69) is 10.6 Å². The van der Waals surface area contributed by atoms with Crippen LogP contribution in [0, 0.1) is 6.92 Å². The molecule has 0 bridgehead atoms. The van der Waals surface area contributed by atoms with Crippen LogP contribution in [0.4, 0.5) is 11.4 Å². The van der Waals surface area contributed by atoms with Crippen molar-refractivity contribution in [2.75, 3.05) is 36.4 Å². The van der Waals surface area contributed by atoms with E-state index in [9.17, 15) is 9.59 Å². The lowest BCUT2D eigenvalue weighted by Gasteiger charge is -2.10. The van der Waals surface area contributed by atoms with Crippen molar-refractivity contribution in [3.05, 3.63) is 48.0 Å². The zero-order valence-corrected chi connectivity index (χ0v) is 15.8. The van der Waals surface area contributed by atoms with Gasteiger partial charge in [-0.25, -0.2) is 0 Å². The van der Waals surface area contributed by atoms with Gasteiger partial charge in [-0.2, -0.15) is 0 Å². The molecule has 0 spiro atoms. The first-order valence-corrected chi connectivity index (χ1v) is 9.13. The number of amides is 2. The molecule has 2 rings (SSSR count). The third kappa shape index (κ3) is 6.00. The normalized spacial score (nSPS) is 10.1. The first kappa shape index (κ1) is 19.7. The van der Waals surface area contributed by atoms with Crippen molar-refractivity contribution in [2.24, 2.45) is 0 Å². The van der Waals surface area contributed by atoms with Gasteiger partial charge in [0, 0.05) is 11.4 Å². The van der Waals surface area contributed by atoms with E-state index < -0.39 is 0 Å². The predicted molar refractivity (Wildman–Crippen MR) is 105 cm³/mol. The lowest BCUT2D eigenvalue weighted by atomic mass is 10.2. The Kier molecular flexibility index (Phi) is 7.35. The van der Waals surface area contributed by atoms with Gasteiger partial charge in [0.25, 0.3) is 0 Å². The number of benzene rings is 2. The van der Waals surface area contributed by atoms with Gasteiger partial charge in [-0.05, 0) is 55.0 Å². The minimum Gasteiger partial charge on any atom is -0.497 e. The highest BCUT2D eigenvalue weighted by atomic mass is 32.2. The van der Waals surface area contributed by atoms with E-state index in [0.29, 0.717) is 5.69 Å². The molecule has 2 amide bonds. The number of aryl methyl sites for hydroxylation is 1. The first-order valence-electron chi connectivity index (χ1n) is 7.98. The average molecular weight is 374 g/mol. The lowest BCUT2D eigenvalue weighted by Crippen LogP contribution is -2.18. The summed E-state index contributed by atoms with van der Waals surface area (Å²) in [6.07, 6.45) is 0. The molecule has 0 saturated carbocycles. The van der Waals surface area contributed by atoms with Gasteiger partial charge in [-0.3, -0.25) is 9.59 Å². The molecule has 0 saturated heterocycles. The van der Waals surface area contributed by atoms with Crippen LogP contribution in [-0.4, -0.2) is 37.5 Å². The summed E-state index contributed by atoms with van der Waals surface area (Å²) >= 11 is 1.26. The number of nitrogens with one attached hydrogen (secondary N) is 2. The van der Waals surface area contributed by atoms with Gasteiger partial charge in [0.15, 0.2) is 0 Å². The first-order chi connectivity index (χ1) is 12.5. The van der Waals surface area contributed by atoms with Crippen LogP contribution < -0.4 is 20.1 Å². The quantitative estimate of drug-likeness (QED) is 0.741. The SMILES string of the molecule is COc1ccc(NC(=O)CSCC(=O)Nc2ccc(OC)cc2C)cc1. The molecule has 7 heteroatoms. The Bertz CT molecular complexity index is 763. The van der Waals surface area contributed by atoms with Crippen LogP contribution in [0.3, 0.4) is 0 Å². The smallest absolute Gasteiger partial charge is 0.234 e. The summed E-state index contributed by atoms with van der Waals surface area (Å²) in [5.74, 6) is 1.55. The standard InChI is InChI=1S/C19H22N2O4S/c1-13-10-16(25-3)8-9-17(13)21-19(23)12-26-11-18(22)20-14-4-6-15(24-2)7-5-14/h4-10H,11-12H2,1-3H3,(H,20,22)(H,21,23). The number of thioether (sulfide) groups is 1. The summed E-state index contributed by atoms with van der Waals surface area (Å²) in [6, 6.07) is 12.5. The Balaban J connectivity index is 1.74. The van der Waals surface area contributed by atoms with Crippen molar-refractivity contribution >= 4 is 35.0 Å². The van der Waals surface area contributed by atoms with Gasteiger partial charge < -0.3 is 20.1 Å². The van der Waals surface area contributed by atoms with Crippen LogP contribution in [0.15, 0.2) is 42.5 Å². The van der Waals surface area contributed by atoms with Gasteiger partial charge >= 0.3 is 0 Å². The number of hydrogen-bond donors (Lipinski definition) is 2. The fraction of sp³-hybridized carbons (Fsp3) is 0.263. The summed E-state index contributed by atoms with van der Waals surface area (Å²) in [4.78, 5) is 23.9. The summed E-state index contributed by atoms with van der Waals surface area (Å²) < 4.78 is 10.2. The number of carbonyl (C=O) groups is 2. The van der Waals surface area contributed by atoms with Crippen molar-refractivity contribution in [3.63, 3.8) is 0 Å². The van der Waals surface area contributed by atoms with Crippen LogP contribution in [0.2, 0.25) is 0 Å². The highest BCUT2D eigenvalue weighted by Crippen LogP contribution is 2.21. The summed E-state index contributed by atoms with van der Waals surface area (Å²) in [5.41, 5.74) is 2.34. The maximum absolute atomic E-state index is 12.0. The molecule has 6 nitrogen and oxygen atoms in total. The number of anilines is 2. The lowest BCUT2D eigenvalue weighted by molar-refractivity contribution is -0.114. The van der Waals surface area contributed by atoms with Crippen LogP contribution in [0.25, 0.3) is 0 Å². The van der Waals surface area contributed by atoms with Crippen molar-refractivity contribution in [2.45, 2.75) is 6.92 Å². The second kappa shape index (κ2) is 9.72. The molecule has 0 aromatic heterocycles. The topological polar surface area (TPSA) is 76.7 Å². The molecule has 0 aliphatic rings. The van der Waals surface area contributed by atoms with Crippen LogP contribution in [0.5, 0.6) is 11.5 Å². The fourth-order valence-corrected chi connectivity index (χ4v) is 2.81. The van der Waals surface area contributed by atoms with E-state index in [-0.39, 0.29) is 23.3 Å². The highest BCUT2D eigenvalue weighted by Gasteiger charge is 2.08. The molecule has 0 aliphatic heterocycles. The monoisotopic (exact) mass is 374 g/mol. The van der Waals surface area contributed by atoms with E-state index in [4.69, 9.17) is 9.47 Å². The third-order valence-electron chi connectivity index (χ3n) is 3.55. The van der Waals surface area contributed by atoms with Crippen molar-refractivity contribution in [3.8, 4) is 11.5 Å². The molecule has 2 N–H and O–H groups in total. The molecule has 0 heterocycles. The molecule has 0 fully saturated rings. The molecular formula is C19H22N2O4S. The maximum atomic E-state index is 12.0. The number of carbonyl (C=O) groups excluding carboxylic acids is 2. The molecule has 0 aliphatic carbocycles. The second-order valence-corrected chi connectivity index (χ2v) is 6.48. The van der Waals surface area contributed by atoms with Gasteiger partial charge in [-0.1, -0.05) is 0 Å². The largest absolute Gasteiger partial charge is 0.497 e.